The van der Waals surface area contributed by atoms with Gasteiger partial charge in [-0.15, -0.1) is 0 Å². The molecule has 0 heterocycles. The highest BCUT2D eigenvalue weighted by Gasteiger charge is 2.30. The third-order valence-corrected chi connectivity index (χ3v) is 7.03. The first-order valence-electron chi connectivity index (χ1n) is 12.4. The minimum Gasteiger partial charge on any atom is -0.507 e. The molecule has 1 fully saturated rings. The molecule has 1 aromatic rings. The van der Waals surface area contributed by atoms with Crippen molar-refractivity contribution in [1.82, 2.24) is 0 Å². The molecule has 0 aliphatic heterocycles. The van der Waals surface area contributed by atoms with Gasteiger partial charge in [0.15, 0.2) is 6.79 Å². The fourth-order valence-corrected chi connectivity index (χ4v) is 5.18. The lowest BCUT2D eigenvalue weighted by Crippen LogP contribution is -2.21. The molecule has 0 radical (unpaired) electrons. The second-order valence-electron chi connectivity index (χ2n) is 9.70. The molecule has 1 N–H and O–H groups in total. The Bertz CT molecular complexity index is 758. The van der Waals surface area contributed by atoms with Gasteiger partial charge < -0.3 is 14.6 Å². The van der Waals surface area contributed by atoms with Crippen LogP contribution in [0.1, 0.15) is 102 Å². The van der Waals surface area contributed by atoms with E-state index in [-0.39, 0.29) is 12.7 Å². The highest BCUT2D eigenvalue weighted by atomic mass is 16.7. The Morgan fingerprint density at radius 3 is 2.61 bits per heavy atom. The Balaban J connectivity index is 1.86. The van der Waals surface area contributed by atoms with Crippen molar-refractivity contribution in [3.05, 3.63) is 47.1 Å². The maximum absolute atomic E-state index is 11.1. The number of ether oxygens (including phenoxy) is 2. The quantitative estimate of drug-likeness (QED) is 0.235. The van der Waals surface area contributed by atoms with E-state index in [0.29, 0.717) is 17.8 Å². The molecule has 3 rings (SSSR count). The molecule has 0 amide bonds. The van der Waals surface area contributed by atoms with Gasteiger partial charge in [-0.1, -0.05) is 62.8 Å². The number of unbranched alkanes of at least 4 members (excludes halogenated alkanes) is 2. The topological polar surface area (TPSA) is 38.7 Å². The van der Waals surface area contributed by atoms with E-state index in [2.05, 4.69) is 39.5 Å². The molecule has 0 bridgehead atoms. The van der Waals surface area contributed by atoms with Crippen molar-refractivity contribution in [2.45, 2.75) is 103 Å². The Morgan fingerprint density at radius 1 is 1.13 bits per heavy atom. The third-order valence-electron chi connectivity index (χ3n) is 7.03. The molecule has 2 aliphatic rings. The number of phenolic OH excluding ortho intramolecular Hbond substituents is 1. The fourth-order valence-electron chi connectivity index (χ4n) is 5.18. The van der Waals surface area contributed by atoms with E-state index in [1.54, 1.807) is 0 Å². The summed E-state index contributed by atoms with van der Waals surface area (Å²) in [6.07, 6.45) is 15.3. The van der Waals surface area contributed by atoms with Crippen LogP contribution in [-0.4, -0.2) is 18.0 Å². The zero-order valence-corrected chi connectivity index (χ0v) is 19.9. The summed E-state index contributed by atoms with van der Waals surface area (Å²) >= 11 is 0. The molecule has 3 heteroatoms. The Hall–Kier alpha value is -1.74. The molecule has 172 valence electrons. The van der Waals surface area contributed by atoms with E-state index in [1.807, 2.05) is 6.07 Å². The summed E-state index contributed by atoms with van der Waals surface area (Å²) in [7, 11) is 0. The lowest BCUT2D eigenvalue weighted by Gasteiger charge is -2.32. The van der Waals surface area contributed by atoms with Gasteiger partial charge in [-0.2, -0.15) is 0 Å². The number of hydrogen-bond donors (Lipinski definition) is 1. The zero-order valence-electron chi connectivity index (χ0n) is 19.9. The van der Waals surface area contributed by atoms with Crippen LogP contribution in [0, 0.1) is 5.92 Å². The highest BCUT2D eigenvalue weighted by Crippen LogP contribution is 2.47. The molecule has 2 aliphatic carbocycles. The number of hydrogen-bond acceptors (Lipinski definition) is 3. The van der Waals surface area contributed by atoms with Crippen molar-refractivity contribution in [3.63, 3.8) is 0 Å². The summed E-state index contributed by atoms with van der Waals surface area (Å²) in [6, 6.07) is 4.09. The first-order chi connectivity index (χ1) is 15.0. The summed E-state index contributed by atoms with van der Waals surface area (Å²) in [5, 5.41) is 11.1. The molecule has 0 aromatic heterocycles. The molecular weight excluding hydrogens is 384 g/mol. The fraction of sp³-hybridized carbons (Fsp3) is 0.643. The van der Waals surface area contributed by atoms with Crippen LogP contribution in [-0.2, 0) is 11.2 Å². The number of rotatable bonds is 10. The van der Waals surface area contributed by atoms with Gasteiger partial charge in [-0.25, -0.2) is 0 Å². The SMILES string of the molecule is C=C(C)[C@@H]1CCC(C)=C[C@H]1c1c(O)cc(CCCCC)cc1OCOC1CCCCC1. The van der Waals surface area contributed by atoms with E-state index < -0.39 is 0 Å². The largest absolute Gasteiger partial charge is 0.507 e. The lowest BCUT2D eigenvalue weighted by atomic mass is 9.73. The maximum Gasteiger partial charge on any atom is 0.189 e. The number of allylic oxidation sites excluding steroid dienone is 3. The van der Waals surface area contributed by atoms with Gasteiger partial charge in [0.1, 0.15) is 11.5 Å². The third kappa shape index (κ3) is 6.62. The summed E-state index contributed by atoms with van der Waals surface area (Å²) in [4.78, 5) is 0. The second-order valence-corrected chi connectivity index (χ2v) is 9.70. The van der Waals surface area contributed by atoms with Gasteiger partial charge in [0, 0.05) is 11.5 Å². The van der Waals surface area contributed by atoms with Crippen LogP contribution in [0.5, 0.6) is 11.5 Å². The van der Waals surface area contributed by atoms with Crippen molar-refractivity contribution in [2.75, 3.05) is 6.79 Å². The molecular formula is C28H42O3. The first kappa shape index (κ1) is 23.9. The monoisotopic (exact) mass is 426 g/mol. The van der Waals surface area contributed by atoms with Crippen molar-refractivity contribution < 1.29 is 14.6 Å². The summed E-state index contributed by atoms with van der Waals surface area (Å²) in [6.45, 7) is 11.0. The average molecular weight is 427 g/mol. The van der Waals surface area contributed by atoms with Crippen LogP contribution in [0.3, 0.4) is 0 Å². The van der Waals surface area contributed by atoms with E-state index >= 15 is 0 Å². The van der Waals surface area contributed by atoms with Crippen LogP contribution < -0.4 is 4.74 Å². The van der Waals surface area contributed by atoms with E-state index in [9.17, 15) is 5.11 Å². The van der Waals surface area contributed by atoms with Gasteiger partial charge >= 0.3 is 0 Å². The molecule has 0 unspecified atom stereocenters. The Labute approximate surface area is 189 Å². The first-order valence-corrected chi connectivity index (χ1v) is 12.4. The smallest absolute Gasteiger partial charge is 0.189 e. The van der Waals surface area contributed by atoms with Crippen LogP contribution in [0.4, 0.5) is 0 Å². The van der Waals surface area contributed by atoms with E-state index in [0.717, 1.165) is 55.4 Å². The summed E-state index contributed by atoms with van der Waals surface area (Å²) < 4.78 is 12.3. The Morgan fingerprint density at radius 2 is 1.90 bits per heavy atom. The van der Waals surface area contributed by atoms with Crippen LogP contribution in [0.15, 0.2) is 35.9 Å². The van der Waals surface area contributed by atoms with E-state index in [4.69, 9.17) is 9.47 Å². The summed E-state index contributed by atoms with van der Waals surface area (Å²) in [5.41, 5.74) is 4.59. The molecule has 31 heavy (non-hydrogen) atoms. The van der Waals surface area contributed by atoms with Crippen LogP contribution >= 0.6 is 0 Å². The standard InChI is InChI=1S/C28H42O3/c1-5-6-8-11-22-17-26(29)28(25-16-21(4)14-15-24(25)20(2)3)27(18-22)31-19-30-23-12-9-7-10-13-23/h16-18,23-25,29H,2,5-15,19H2,1,3-4H3/t24-,25+/m0/s1. The lowest BCUT2D eigenvalue weighted by molar-refractivity contribution is -0.0502. The molecule has 3 nitrogen and oxygen atoms in total. The summed E-state index contributed by atoms with van der Waals surface area (Å²) in [5.74, 6) is 1.55. The molecule has 1 aromatic carbocycles. The number of aryl methyl sites for hydroxylation is 1. The molecule has 1 saturated carbocycles. The predicted octanol–water partition coefficient (Wildman–Crippen LogP) is 7.83. The number of phenols is 1. The van der Waals surface area contributed by atoms with E-state index in [1.165, 1.54) is 43.3 Å². The van der Waals surface area contributed by atoms with Gasteiger partial charge in [0.2, 0.25) is 0 Å². The van der Waals surface area contributed by atoms with Gasteiger partial charge in [-0.05, 0) is 76.0 Å². The van der Waals surface area contributed by atoms with Crippen molar-refractivity contribution in [2.24, 2.45) is 5.92 Å². The highest BCUT2D eigenvalue weighted by molar-refractivity contribution is 5.52. The van der Waals surface area contributed by atoms with Crippen molar-refractivity contribution >= 4 is 0 Å². The van der Waals surface area contributed by atoms with Crippen LogP contribution in [0.25, 0.3) is 0 Å². The van der Waals surface area contributed by atoms with Gasteiger partial charge in [-0.3, -0.25) is 0 Å². The molecule has 0 spiro atoms. The minimum atomic E-state index is 0.0978. The second kappa shape index (κ2) is 11.8. The average Bonchev–Trinajstić information content (AvgIpc) is 2.74. The molecule has 2 atom stereocenters. The van der Waals surface area contributed by atoms with Crippen molar-refractivity contribution in [1.29, 1.82) is 0 Å². The normalized spacial score (nSPS) is 22.2. The van der Waals surface area contributed by atoms with Gasteiger partial charge in [0.05, 0.1) is 6.10 Å². The maximum atomic E-state index is 11.1. The number of aromatic hydroxyl groups is 1. The van der Waals surface area contributed by atoms with Gasteiger partial charge in [0.25, 0.3) is 0 Å². The zero-order chi connectivity index (χ0) is 22.2. The molecule has 0 saturated heterocycles. The number of benzene rings is 1. The van der Waals surface area contributed by atoms with Crippen molar-refractivity contribution in [3.8, 4) is 11.5 Å². The van der Waals surface area contributed by atoms with Crippen LogP contribution in [0.2, 0.25) is 0 Å². The minimum absolute atomic E-state index is 0.0978. The Kier molecular flexibility index (Phi) is 9.07. The predicted molar refractivity (Wildman–Crippen MR) is 129 cm³/mol.